The highest BCUT2D eigenvalue weighted by atomic mass is 19.1. The molecule has 9 heteroatoms. The Morgan fingerprint density at radius 2 is 1.89 bits per heavy atom. The highest BCUT2D eigenvalue weighted by molar-refractivity contribution is 6.43. The van der Waals surface area contributed by atoms with E-state index in [9.17, 15) is 14.0 Å². The predicted molar refractivity (Wildman–Crippen MR) is 136 cm³/mol. The molecule has 36 heavy (non-hydrogen) atoms. The van der Waals surface area contributed by atoms with Crippen molar-refractivity contribution < 1.29 is 18.7 Å². The van der Waals surface area contributed by atoms with Crippen LogP contribution in [0.25, 0.3) is 0 Å². The number of hydrazone groups is 1. The molecule has 2 aromatic rings. The van der Waals surface area contributed by atoms with E-state index in [4.69, 9.17) is 9.84 Å². The minimum atomic E-state index is -0.680. The molecule has 0 spiro atoms. The van der Waals surface area contributed by atoms with Crippen LogP contribution in [0.15, 0.2) is 53.6 Å². The van der Waals surface area contributed by atoms with Crippen molar-refractivity contribution in [2.45, 2.75) is 31.2 Å². The number of carbonyl (C=O) groups excluding carboxylic acids is 2. The van der Waals surface area contributed by atoms with E-state index in [0.717, 1.165) is 31.6 Å². The standard InChI is InChI=1S/C27H32FN5O3/c1-19(34)25-27(20-7-4-3-5-8-20,11-6-12-31-13-15-32(16-14-31)26(35)29-2)24-18-36-23-10-9-21(28)17-22(23)33(24)30-25/h3-5,7-10,17,24H,6,11-16,18H2,1-2H3,(H,29,35)/t24?,27-/m1/s1. The Bertz CT molecular complexity index is 1170. The minimum Gasteiger partial charge on any atom is -0.489 e. The first-order chi connectivity index (χ1) is 17.4. The van der Waals surface area contributed by atoms with Crippen LogP contribution in [-0.4, -0.2) is 79.7 Å². The summed E-state index contributed by atoms with van der Waals surface area (Å²) in [7, 11) is 1.65. The van der Waals surface area contributed by atoms with Crippen LogP contribution in [-0.2, 0) is 10.2 Å². The monoisotopic (exact) mass is 493 g/mol. The molecule has 1 unspecified atom stereocenters. The smallest absolute Gasteiger partial charge is 0.317 e. The molecule has 8 nitrogen and oxygen atoms in total. The predicted octanol–water partition coefficient (Wildman–Crippen LogP) is 3.03. The zero-order valence-electron chi connectivity index (χ0n) is 20.7. The number of hydrogen-bond donors (Lipinski definition) is 1. The van der Waals surface area contributed by atoms with Crippen molar-refractivity contribution in [2.24, 2.45) is 5.10 Å². The Kier molecular flexibility index (Phi) is 6.66. The van der Waals surface area contributed by atoms with Gasteiger partial charge < -0.3 is 15.0 Å². The lowest BCUT2D eigenvalue weighted by Gasteiger charge is -2.42. The number of piperazine rings is 1. The van der Waals surface area contributed by atoms with Gasteiger partial charge in [-0.15, -0.1) is 0 Å². The van der Waals surface area contributed by atoms with E-state index < -0.39 is 5.41 Å². The Labute approximate surface area is 210 Å². The van der Waals surface area contributed by atoms with Crippen LogP contribution >= 0.6 is 0 Å². The van der Waals surface area contributed by atoms with Gasteiger partial charge in [0.2, 0.25) is 0 Å². The topological polar surface area (TPSA) is 77.5 Å². The van der Waals surface area contributed by atoms with Gasteiger partial charge in [-0.2, -0.15) is 5.10 Å². The molecular formula is C27H32FN5O3. The molecule has 0 bridgehead atoms. The number of halogens is 1. The maximum atomic E-state index is 14.2. The summed E-state index contributed by atoms with van der Waals surface area (Å²) in [4.78, 5) is 29.1. The van der Waals surface area contributed by atoms with Crippen molar-refractivity contribution in [3.63, 3.8) is 0 Å². The van der Waals surface area contributed by atoms with E-state index in [0.29, 0.717) is 43.3 Å². The molecule has 5 rings (SSSR count). The van der Waals surface area contributed by atoms with E-state index in [-0.39, 0.29) is 23.7 Å². The number of nitrogens with zero attached hydrogens (tertiary/aromatic N) is 4. The summed E-state index contributed by atoms with van der Waals surface area (Å²) < 4.78 is 20.3. The van der Waals surface area contributed by atoms with Gasteiger partial charge in [0.05, 0.1) is 5.41 Å². The number of amides is 2. The number of rotatable bonds is 6. The number of Topliss-reactive ketones (excluding diaryl/α,β-unsaturated/α-hetero) is 1. The van der Waals surface area contributed by atoms with Gasteiger partial charge in [-0.3, -0.25) is 14.7 Å². The number of urea groups is 1. The SMILES string of the molecule is CNC(=O)N1CCN(CCC[C@]2(c3ccccc3)C(C(C)=O)=NN3c4cc(F)ccc4OCC32)CC1. The number of nitrogens with one attached hydrogen (secondary N) is 1. The maximum Gasteiger partial charge on any atom is 0.317 e. The first-order valence-electron chi connectivity index (χ1n) is 12.5. The van der Waals surface area contributed by atoms with E-state index in [1.807, 2.05) is 35.2 Å². The van der Waals surface area contributed by atoms with E-state index in [1.54, 1.807) is 25.0 Å². The van der Waals surface area contributed by atoms with Gasteiger partial charge in [-0.25, -0.2) is 9.18 Å². The number of fused-ring (bicyclic) bond motifs is 3. The van der Waals surface area contributed by atoms with Crippen LogP contribution in [0.4, 0.5) is 14.9 Å². The fraction of sp³-hybridized carbons (Fsp3) is 0.444. The van der Waals surface area contributed by atoms with Gasteiger partial charge >= 0.3 is 6.03 Å². The third-order valence-electron chi connectivity index (χ3n) is 7.60. The summed E-state index contributed by atoms with van der Waals surface area (Å²) in [6.45, 7) is 5.75. The van der Waals surface area contributed by atoms with Gasteiger partial charge in [0.25, 0.3) is 0 Å². The number of anilines is 1. The Balaban J connectivity index is 1.42. The third-order valence-corrected chi connectivity index (χ3v) is 7.60. The van der Waals surface area contributed by atoms with Gasteiger partial charge in [0.15, 0.2) is 5.78 Å². The molecule has 190 valence electrons. The number of hydrogen-bond acceptors (Lipinski definition) is 6. The summed E-state index contributed by atoms with van der Waals surface area (Å²) >= 11 is 0. The molecule has 1 saturated heterocycles. The molecule has 3 aliphatic rings. The van der Waals surface area contributed by atoms with Gasteiger partial charge in [-0.05, 0) is 37.1 Å². The molecule has 3 heterocycles. The van der Waals surface area contributed by atoms with Gasteiger partial charge in [0, 0.05) is 46.2 Å². The molecule has 2 amide bonds. The quantitative estimate of drug-likeness (QED) is 0.670. The Morgan fingerprint density at radius 3 is 2.58 bits per heavy atom. The molecule has 0 aromatic heterocycles. The molecule has 0 saturated carbocycles. The Morgan fingerprint density at radius 1 is 1.14 bits per heavy atom. The fourth-order valence-electron chi connectivity index (χ4n) is 5.82. The maximum absolute atomic E-state index is 14.2. The summed E-state index contributed by atoms with van der Waals surface area (Å²) in [5.41, 5.74) is 1.37. The van der Waals surface area contributed by atoms with Crippen LogP contribution in [0.1, 0.15) is 25.3 Å². The highest BCUT2D eigenvalue weighted by Gasteiger charge is 2.55. The fourth-order valence-corrected chi connectivity index (χ4v) is 5.82. The van der Waals surface area contributed by atoms with Gasteiger partial charge in [-0.1, -0.05) is 30.3 Å². The number of ether oxygens (including phenoxy) is 1. The van der Waals surface area contributed by atoms with Crippen molar-refractivity contribution in [2.75, 3.05) is 51.4 Å². The lowest BCUT2D eigenvalue weighted by Crippen LogP contribution is -2.54. The lowest BCUT2D eigenvalue weighted by atomic mass is 9.67. The number of benzene rings is 2. The number of carbonyl (C=O) groups is 2. The van der Waals surface area contributed by atoms with E-state index in [2.05, 4.69) is 10.2 Å². The van der Waals surface area contributed by atoms with Crippen molar-refractivity contribution in [1.82, 2.24) is 15.1 Å². The van der Waals surface area contributed by atoms with Crippen LogP contribution in [0.2, 0.25) is 0 Å². The summed E-state index contributed by atoms with van der Waals surface area (Å²) in [5.74, 6) is 0.105. The zero-order valence-corrected chi connectivity index (χ0v) is 20.7. The second-order valence-electron chi connectivity index (χ2n) is 9.61. The summed E-state index contributed by atoms with van der Waals surface area (Å²) in [5, 5.41) is 9.30. The van der Waals surface area contributed by atoms with Crippen LogP contribution in [0.5, 0.6) is 5.75 Å². The molecule has 2 atom stereocenters. The second-order valence-corrected chi connectivity index (χ2v) is 9.61. The van der Waals surface area contributed by atoms with Gasteiger partial charge in [0.1, 0.15) is 35.6 Å². The van der Waals surface area contributed by atoms with Crippen LogP contribution in [0.3, 0.4) is 0 Å². The number of ketones is 1. The average Bonchev–Trinajstić information content (AvgIpc) is 3.25. The molecule has 0 radical (unpaired) electrons. The first kappa shape index (κ1) is 24.2. The summed E-state index contributed by atoms with van der Waals surface area (Å²) in [6.07, 6.45) is 1.53. The molecule has 1 fully saturated rings. The molecule has 0 aliphatic carbocycles. The van der Waals surface area contributed by atoms with E-state index in [1.165, 1.54) is 12.1 Å². The zero-order chi connectivity index (χ0) is 25.3. The van der Waals surface area contributed by atoms with Crippen molar-refractivity contribution in [1.29, 1.82) is 0 Å². The largest absolute Gasteiger partial charge is 0.489 e. The Hall–Kier alpha value is -3.46. The van der Waals surface area contributed by atoms with Crippen LogP contribution in [0, 0.1) is 5.82 Å². The molecular weight excluding hydrogens is 461 g/mol. The third kappa shape index (κ3) is 4.21. The minimum absolute atomic E-state index is 0.0416. The second kappa shape index (κ2) is 9.89. The van der Waals surface area contributed by atoms with E-state index >= 15 is 0 Å². The lowest BCUT2D eigenvalue weighted by molar-refractivity contribution is -0.111. The average molecular weight is 494 g/mol. The molecule has 3 aliphatic heterocycles. The van der Waals surface area contributed by atoms with Crippen molar-refractivity contribution in [3.05, 3.63) is 59.9 Å². The first-order valence-corrected chi connectivity index (χ1v) is 12.5. The highest BCUT2D eigenvalue weighted by Crippen LogP contribution is 2.48. The molecule has 1 N–H and O–H groups in total. The molecule has 2 aromatic carbocycles. The van der Waals surface area contributed by atoms with Crippen LogP contribution < -0.4 is 15.1 Å². The van der Waals surface area contributed by atoms with Crippen molar-refractivity contribution >= 4 is 23.2 Å². The normalized spacial score (nSPS) is 23.4. The summed E-state index contributed by atoms with van der Waals surface area (Å²) in [6, 6.07) is 14.1. The van der Waals surface area contributed by atoms with Crippen molar-refractivity contribution in [3.8, 4) is 5.75 Å².